The van der Waals surface area contributed by atoms with E-state index in [1.165, 1.54) is 0 Å². The fourth-order valence-corrected chi connectivity index (χ4v) is 1.15. The molecule has 0 aliphatic carbocycles. The normalized spacial score (nSPS) is 8.57. The van der Waals surface area contributed by atoms with Crippen LogP contribution in [0.2, 0.25) is 0 Å². The Hall–Kier alpha value is 0.103. The van der Waals surface area contributed by atoms with Gasteiger partial charge in [0.15, 0.2) is 0 Å². The summed E-state index contributed by atoms with van der Waals surface area (Å²) in [4.78, 5) is 0. The molecule has 0 unspecified atom stereocenters. The molecule has 1 aromatic carbocycles. The van der Waals surface area contributed by atoms with E-state index in [0.717, 1.165) is 10.9 Å². The Balaban J connectivity index is 0.000000500. The number of halogens is 2. The molecule has 1 aromatic rings. The monoisotopic (exact) mass is 431 g/mol. The summed E-state index contributed by atoms with van der Waals surface area (Å²) in [7, 11) is -1.36. The van der Waals surface area contributed by atoms with Gasteiger partial charge < -0.3 is 10.0 Å². The van der Waals surface area contributed by atoms with Gasteiger partial charge in [-0.2, -0.15) is 0 Å². The Labute approximate surface area is 101 Å². The second-order valence-corrected chi connectivity index (χ2v) is 3.37. The van der Waals surface area contributed by atoms with Crippen molar-refractivity contribution in [1.29, 1.82) is 0 Å². The van der Waals surface area contributed by atoms with Crippen molar-refractivity contribution in [1.82, 2.24) is 0 Å². The van der Waals surface area contributed by atoms with Crippen molar-refractivity contribution in [3.63, 3.8) is 0 Å². The third kappa shape index (κ3) is 5.75. The minimum atomic E-state index is -1.36. The quantitative estimate of drug-likeness (QED) is 0.539. The minimum Gasteiger partial charge on any atom is -0.423 e. The van der Waals surface area contributed by atoms with Crippen molar-refractivity contribution in [2.45, 2.75) is 5.33 Å². The van der Waals surface area contributed by atoms with Crippen molar-refractivity contribution >= 4 is 28.5 Å². The van der Waals surface area contributed by atoms with Gasteiger partial charge in [0.05, 0.1) is 0 Å². The van der Waals surface area contributed by atoms with Crippen LogP contribution in [0, 0.1) is 0 Å². The predicted octanol–water partition coefficient (Wildman–Crippen LogP) is 0.863. The first-order valence-electron chi connectivity index (χ1n) is 3.60. The van der Waals surface area contributed by atoms with Crippen LogP contribution < -0.4 is 5.46 Å². The van der Waals surface area contributed by atoms with E-state index >= 15 is 0 Å². The first kappa shape index (κ1) is 14.1. The molecule has 0 bridgehead atoms. The van der Waals surface area contributed by atoms with E-state index in [4.69, 9.17) is 10.0 Å². The molecular weight excluding hydrogens is 424 g/mol. The molecule has 0 radical (unpaired) electrons. The number of hydrogen-bond acceptors (Lipinski definition) is 3. The molecule has 0 spiro atoms. The summed E-state index contributed by atoms with van der Waals surface area (Å²) in [6.07, 6.45) is 0. The summed E-state index contributed by atoms with van der Waals surface area (Å²) in [5, 5.41) is 18.2. The third-order valence-corrected chi connectivity index (χ3v) is 2.08. The van der Waals surface area contributed by atoms with Crippen LogP contribution in [0.15, 0.2) is 28.0 Å². The Morgan fingerprint density at radius 3 is 2.07 bits per heavy atom. The van der Waals surface area contributed by atoms with Crippen LogP contribution in [0.4, 0.5) is 4.48 Å². The van der Waals surface area contributed by atoms with Gasteiger partial charge >= 0.3 is 34.9 Å². The van der Waals surface area contributed by atoms with Gasteiger partial charge in [-0.1, -0.05) is 40.2 Å². The van der Waals surface area contributed by atoms with E-state index in [2.05, 4.69) is 19.6 Å². The Morgan fingerprint density at radius 1 is 1.36 bits per heavy atom. The van der Waals surface area contributed by atoms with E-state index in [1.807, 2.05) is 12.1 Å². The summed E-state index contributed by atoms with van der Waals surface area (Å²) in [5.41, 5.74) is 1.64. The maximum Gasteiger partial charge on any atom is 0.488 e. The van der Waals surface area contributed by atoms with E-state index < -0.39 is 7.12 Å². The van der Waals surface area contributed by atoms with Gasteiger partial charge in [0.25, 0.3) is 0 Å². The van der Waals surface area contributed by atoms with Gasteiger partial charge in [-0.3, -0.25) is 0 Å². The zero-order valence-electron chi connectivity index (χ0n) is 7.10. The minimum absolute atomic E-state index is 0.523. The molecule has 0 atom stereocenters. The molecule has 0 amide bonds. The predicted molar refractivity (Wildman–Crippen MR) is 52.4 cm³/mol. The van der Waals surface area contributed by atoms with Gasteiger partial charge in [0, 0.05) is 5.33 Å². The number of nitrogens with zero attached hydrogens (tertiary/aromatic N) is 1. The van der Waals surface area contributed by atoms with Gasteiger partial charge in [0.1, 0.15) is 0 Å². The number of alkyl halides is 1. The van der Waals surface area contributed by atoms with Crippen LogP contribution in [0.1, 0.15) is 5.56 Å². The summed E-state index contributed by atoms with van der Waals surface area (Å²) < 4.78 is 12.0. The Morgan fingerprint density at radius 2 is 1.79 bits per heavy atom. The molecule has 7 heteroatoms. The Bertz CT molecular complexity index is 273. The maximum atomic E-state index is 9.95. The Kier molecular flexibility index (Phi) is 8.48. The molecule has 0 saturated carbocycles. The summed E-state index contributed by atoms with van der Waals surface area (Å²) >= 11 is 3.92. The molecular formula is C7H8BBrFNO2W. The first-order valence-corrected chi connectivity index (χ1v) is 6.03. The molecule has 0 aliphatic rings. The van der Waals surface area contributed by atoms with Crippen LogP contribution in [-0.2, 0) is 25.0 Å². The molecule has 0 aliphatic heterocycles. The number of benzene rings is 1. The standard InChI is InChI=1S/C7H8BBrO2.FN.W/c9-5-6-1-3-7(4-2-6)8(10)11;1-2;/h1-4,10-11H,5H2;;. The molecule has 0 heterocycles. The smallest absolute Gasteiger partial charge is 0.423 e. The van der Waals surface area contributed by atoms with Crippen molar-refractivity contribution < 1.29 is 34.2 Å². The van der Waals surface area contributed by atoms with E-state index in [9.17, 15) is 4.48 Å². The largest absolute Gasteiger partial charge is 0.488 e. The SMILES string of the molecule is F[N]=[W].OB(O)c1ccc(CBr)cc1. The van der Waals surface area contributed by atoms with Crippen molar-refractivity contribution in [3.05, 3.63) is 29.8 Å². The fourth-order valence-electron chi connectivity index (χ4n) is 0.779. The zero-order chi connectivity index (χ0) is 11.0. The average molecular weight is 432 g/mol. The average Bonchev–Trinajstić information content (AvgIpc) is 2.19. The molecule has 0 fully saturated rings. The second-order valence-electron chi connectivity index (χ2n) is 2.32. The van der Waals surface area contributed by atoms with Crippen molar-refractivity contribution in [3.8, 4) is 0 Å². The summed E-state index contributed by atoms with van der Waals surface area (Å²) in [5.74, 6) is 0. The van der Waals surface area contributed by atoms with Gasteiger partial charge in [0.2, 0.25) is 0 Å². The van der Waals surface area contributed by atoms with Crippen LogP contribution >= 0.6 is 15.9 Å². The van der Waals surface area contributed by atoms with Gasteiger partial charge in [-0.05, 0) is 11.0 Å². The van der Waals surface area contributed by atoms with Gasteiger partial charge in [-0.15, -0.1) is 0 Å². The summed E-state index contributed by atoms with van der Waals surface area (Å²) in [6.45, 7) is 0. The number of rotatable bonds is 2. The molecule has 3 nitrogen and oxygen atoms in total. The van der Waals surface area contributed by atoms with Gasteiger partial charge in [-0.25, -0.2) is 0 Å². The van der Waals surface area contributed by atoms with Crippen LogP contribution in [-0.4, -0.2) is 17.2 Å². The molecule has 0 saturated heterocycles. The topological polar surface area (TPSA) is 52.8 Å². The molecule has 14 heavy (non-hydrogen) atoms. The molecule has 76 valence electrons. The molecule has 0 aromatic heterocycles. The third-order valence-electron chi connectivity index (χ3n) is 1.43. The molecule has 2 N–H and O–H groups in total. The van der Waals surface area contributed by atoms with E-state index in [0.29, 0.717) is 25.1 Å². The van der Waals surface area contributed by atoms with Crippen LogP contribution in [0.3, 0.4) is 0 Å². The van der Waals surface area contributed by atoms with Crippen LogP contribution in [0.25, 0.3) is 0 Å². The fraction of sp³-hybridized carbons (Fsp3) is 0.143. The first-order chi connectivity index (χ1) is 6.65. The zero-order valence-corrected chi connectivity index (χ0v) is 11.6. The van der Waals surface area contributed by atoms with Crippen LogP contribution in [0.5, 0.6) is 0 Å². The molecule has 1 rings (SSSR count). The second kappa shape index (κ2) is 8.41. The van der Waals surface area contributed by atoms with E-state index in [-0.39, 0.29) is 0 Å². The van der Waals surface area contributed by atoms with E-state index in [1.54, 1.807) is 12.1 Å². The maximum absolute atomic E-state index is 9.95. The van der Waals surface area contributed by atoms with Crippen molar-refractivity contribution in [2.24, 2.45) is 3.72 Å². The number of hydrogen-bond donors (Lipinski definition) is 2. The summed E-state index contributed by atoms with van der Waals surface area (Å²) in [6, 6.07) is 7.09. The van der Waals surface area contributed by atoms with Crippen molar-refractivity contribution in [2.75, 3.05) is 0 Å².